The Morgan fingerprint density at radius 2 is 1.73 bits per heavy atom. The molecule has 7 heteroatoms. The number of carbonyl (C=O) groups excluding carboxylic acids is 1. The van der Waals surface area contributed by atoms with Crippen LogP contribution in [0.15, 0.2) is 0 Å². The van der Waals surface area contributed by atoms with Crippen molar-refractivity contribution in [2.45, 2.75) is 122 Å². The van der Waals surface area contributed by atoms with Crippen molar-refractivity contribution >= 4 is 5.91 Å². The van der Waals surface area contributed by atoms with E-state index in [4.69, 9.17) is 15.2 Å². The highest BCUT2D eigenvalue weighted by molar-refractivity contribution is 5.78. The van der Waals surface area contributed by atoms with Crippen LogP contribution in [0.3, 0.4) is 0 Å². The fourth-order valence-electron chi connectivity index (χ4n) is 4.75. The molecule has 2 aliphatic rings. The van der Waals surface area contributed by atoms with E-state index in [-0.39, 0.29) is 17.9 Å². The van der Waals surface area contributed by atoms with Gasteiger partial charge in [-0.05, 0) is 44.9 Å². The number of nitrogens with one attached hydrogen (secondary N) is 1. The Morgan fingerprint density at radius 3 is 2.40 bits per heavy atom. The van der Waals surface area contributed by atoms with Gasteiger partial charge in [0.15, 0.2) is 6.29 Å². The minimum absolute atomic E-state index is 0.0358. The maximum absolute atomic E-state index is 12.4. The predicted molar refractivity (Wildman–Crippen MR) is 117 cm³/mol. The third-order valence-electron chi connectivity index (χ3n) is 6.96. The maximum Gasteiger partial charge on any atom is 0.223 e. The van der Waals surface area contributed by atoms with Gasteiger partial charge in [-0.1, -0.05) is 46.0 Å². The van der Waals surface area contributed by atoms with Crippen molar-refractivity contribution in [2.75, 3.05) is 6.54 Å². The second-order valence-corrected chi connectivity index (χ2v) is 9.14. The molecule has 0 aliphatic carbocycles. The molecule has 8 atom stereocenters. The van der Waals surface area contributed by atoms with E-state index in [1.165, 1.54) is 0 Å². The molecule has 1 amide bonds. The average Bonchev–Trinajstić information content (AvgIpc) is 2.74. The van der Waals surface area contributed by atoms with Gasteiger partial charge in [0.25, 0.3) is 0 Å². The van der Waals surface area contributed by atoms with Crippen molar-refractivity contribution in [1.29, 1.82) is 0 Å². The molecule has 0 spiro atoms. The molecule has 2 fully saturated rings. The first kappa shape index (κ1) is 25.5. The van der Waals surface area contributed by atoms with Crippen molar-refractivity contribution in [3.63, 3.8) is 0 Å². The van der Waals surface area contributed by atoms with E-state index in [1.54, 1.807) is 6.92 Å². The number of carbonyl (C=O) groups is 1. The molecular formula is C23H44N2O5. The number of hydrogen-bond donors (Lipinski definition) is 4. The largest absolute Gasteiger partial charge is 0.389 e. The lowest BCUT2D eigenvalue weighted by Gasteiger charge is -2.42. The van der Waals surface area contributed by atoms with Crippen LogP contribution in [0.25, 0.3) is 0 Å². The van der Waals surface area contributed by atoms with E-state index in [0.29, 0.717) is 12.5 Å². The highest BCUT2D eigenvalue weighted by atomic mass is 16.7. The summed E-state index contributed by atoms with van der Waals surface area (Å²) < 4.78 is 12.1. The number of amides is 1. The fourth-order valence-corrected chi connectivity index (χ4v) is 4.75. The molecule has 0 aromatic carbocycles. The van der Waals surface area contributed by atoms with Crippen LogP contribution in [-0.4, -0.2) is 59.4 Å². The van der Waals surface area contributed by atoms with Crippen LogP contribution < -0.4 is 11.1 Å². The van der Waals surface area contributed by atoms with Crippen LogP contribution in [0.2, 0.25) is 0 Å². The van der Waals surface area contributed by atoms with Crippen molar-refractivity contribution in [3.8, 4) is 0 Å². The standard InChI is InChI=1S/C23H44N2O5/c1-4-16-12-10-14-25-22(28)17(5-2)11-8-6-7-9-13-18(16)30-23-21(27)19(24)20(26)15(3)29-23/h15-21,23,26-27H,4-14,24H2,1-3H3,(H,25,28)/t15-,16+,17+,18+,19+,20+,21+,23-/m0/s1. The van der Waals surface area contributed by atoms with Gasteiger partial charge in [0, 0.05) is 12.5 Å². The number of nitrogens with two attached hydrogens (primary N) is 1. The molecule has 0 aromatic rings. The summed E-state index contributed by atoms with van der Waals surface area (Å²) in [4.78, 5) is 12.4. The zero-order chi connectivity index (χ0) is 22.1. The topological polar surface area (TPSA) is 114 Å². The molecule has 2 heterocycles. The molecule has 0 aromatic heterocycles. The summed E-state index contributed by atoms with van der Waals surface area (Å²) in [7, 11) is 0. The van der Waals surface area contributed by atoms with Gasteiger partial charge < -0.3 is 30.7 Å². The number of hydrogen-bond acceptors (Lipinski definition) is 6. The molecule has 7 nitrogen and oxygen atoms in total. The SMILES string of the molecule is CC[C@@H]1CCCCCC[C@@H](O[C@@H]2O[C@@H](C)[C@@H](O)[C@@H](N)[C@H]2O)[C@H](CC)CCCNC1=O. The summed E-state index contributed by atoms with van der Waals surface area (Å²) in [6.07, 6.45) is 6.66. The third kappa shape index (κ3) is 7.16. The van der Waals surface area contributed by atoms with E-state index in [2.05, 4.69) is 19.2 Å². The Hall–Kier alpha value is -0.730. The fraction of sp³-hybridized carbons (Fsp3) is 0.957. The normalized spacial score (nSPS) is 40.4. The van der Waals surface area contributed by atoms with Crippen LogP contribution in [0.4, 0.5) is 0 Å². The minimum atomic E-state index is -1.05. The number of aliphatic hydroxyl groups excluding tert-OH is 2. The molecule has 2 rings (SSSR count). The first-order valence-electron chi connectivity index (χ1n) is 12.1. The van der Waals surface area contributed by atoms with Crippen LogP contribution in [0.1, 0.15) is 85.0 Å². The van der Waals surface area contributed by atoms with Crippen LogP contribution in [-0.2, 0) is 14.3 Å². The smallest absolute Gasteiger partial charge is 0.223 e. The van der Waals surface area contributed by atoms with Crippen molar-refractivity contribution < 1.29 is 24.5 Å². The molecule has 0 radical (unpaired) electrons. The first-order valence-corrected chi connectivity index (χ1v) is 12.1. The number of ether oxygens (including phenoxy) is 2. The molecule has 5 N–H and O–H groups in total. The van der Waals surface area contributed by atoms with Crippen molar-refractivity contribution in [2.24, 2.45) is 17.6 Å². The van der Waals surface area contributed by atoms with Gasteiger partial charge in [0.05, 0.1) is 24.4 Å². The highest BCUT2D eigenvalue weighted by Crippen LogP contribution is 2.29. The van der Waals surface area contributed by atoms with Gasteiger partial charge in [-0.15, -0.1) is 0 Å². The zero-order valence-electron chi connectivity index (χ0n) is 19.1. The monoisotopic (exact) mass is 428 g/mol. The Balaban J connectivity index is 2.01. The van der Waals surface area contributed by atoms with E-state index in [0.717, 1.165) is 64.2 Å². The maximum atomic E-state index is 12.4. The molecule has 30 heavy (non-hydrogen) atoms. The summed E-state index contributed by atoms with van der Waals surface area (Å²) >= 11 is 0. The summed E-state index contributed by atoms with van der Waals surface area (Å²) in [5.41, 5.74) is 5.98. The molecule has 2 aliphatic heterocycles. The molecule has 176 valence electrons. The van der Waals surface area contributed by atoms with E-state index >= 15 is 0 Å². The van der Waals surface area contributed by atoms with Gasteiger partial charge in [-0.2, -0.15) is 0 Å². The molecule has 0 bridgehead atoms. The van der Waals surface area contributed by atoms with Crippen LogP contribution >= 0.6 is 0 Å². The molecular weight excluding hydrogens is 384 g/mol. The van der Waals surface area contributed by atoms with E-state index < -0.39 is 30.6 Å². The Labute approximate surface area is 182 Å². The molecule has 0 unspecified atom stereocenters. The van der Waals surface area contributed by atoms with Gasteiger partial charge in [0.2, 0.25) is 5.91 Å². The lowest BCUT2D eigenvalue weighted by Crippen LogP contribution is -2.61. The van der Waals surface area contributed by atoms with Gasteiger partial charge in [0.1, 0.15) is 6.10 Å². The zero-order valence-corrected chi connectivity index (χ0v) is 19.1. The van der Waals surface area contributed by atoms with Gasteiger partial charge >= 0.3 is 0 Å². The summed E-state index contributed by atoms with van der Waals surface area (Å²) in [5.74, 6) is 0.647. The quantitative estimate of drug-likeness (QED) is 0.547. The van der Waals surface area contributed by atoms with E-state index in [1.807, 2.05) is 0 Å². The lowest BCUT2D eigenvalue weighted by molar-refractivity contribution is -0.286. The first-order chi connectivity index (χ1) is 14.4. The molecule has 2 saturated heterocycles. The second kappa shape index (κ2) is 13.0. The highest BCUT2D eigenvalue weighted by Gasteiger charge is 2.42. The van der Waals surface area contributed by atoms with Gasteiger partial charge in [-0.25, -0.2) is 0 Å². The summed E-state index contributed by atoms with van der Waals surface area (Å²) in [6.45, 7) is 6.70. The Bertz CT molecular complexity index is 506. The Kier molecular flexibility index (Phi) is 11.0. The van der Waals surface area contributed by atoms with Crippen LogP contribution in [0.5, 0.6) is 0 Å². The average molecular weight is 429 g/mol. The van der Waals surface area contributed by atoms with Crippen LogP contribution in [0, 0.1) is 11.8 Å². The second-order valence-electron chi connectivity index (χ2n) is 9.14. The number of aliphatic hydroxyl groups is 2. The predicted octanol–water partition coefficient (Wildman–Crippen LogP) is 2.47. The summed E-state index contributed by atoms with van der Waals surface area (Å²) in [6, 6.07) is -0.779. The summed E-state index contributed by atoms with van der Waals surface area (Å²) in [5, 5.41) is 23.7. The van der Waals surface area contributed by atoms with Crippen molar-refractivity contribution in [3.05, 3.63) is 0 Å². The third-order valence-corrected chi connectivity index (χ3v) is 6.96. The van der Waals surface area contributed by atoms with Gasteiger partial charge in [-0.3, -0.25) is 4.79 Å². The Morgan fingerprint density at radius 1 is 1.03 bits per heavy atom. The minimum Gasteiger partial charge on any atom is -0.389 e. The van der Waals surface area contributed by atoms with E-state index in [9.17, 15) is 15.0 Å². The number of rotatable bonds is 4. The lowest BCUT2D eigenvalue weighted by atomic mass is 9.89. The molecule has 0 saturated carbocycles. The van der Waals surface area contributed by atoms with Crippen molar-refractivity contribution in [1.82, 2.24) is 5.32 Å².